The number of hydrogen-bond acceptors (Lipinski definition) is 2. The number of likely N-dealkylation sites (tertiary alicyclic amines) is 1. The summed E-state index contributed by atoms with van der Waals surface area (Å²) in [6.07, 6.45) is 0.567. The predicted octanol–water partition coefficient (Wildman–Crippen LogP) is 1.35. The molecule has 1 heterocycles. The minimum atomic E-state index is -0.892. The van der Waals surface area contributed by atoms with Gasteiger partial charge in [-0.2, -0.15) is 0 Å². The highest BCUT2D eigenvalue weighted by Crippen LogP contribution is 2.28. The molecule has 1 N–H and O–H groups in total. The minimum Gasteiger partial charge on any atom is -0.480 e. The fraction of sp³-hybridized carbons (Fsp3) is 0.818. The van der Waals surface area contributed by atoms with Crippen LogP contribution in [0.2, 0.25) is 0 Å². The number of carboxylic acid groups (broad SMARTS) is 1. The maximum Gasteiger partial charge on any atom is 0.326 e. The number of amides is 1. The largest absolute Gasteiger partial charge is 0.480 e. The molecule has 0 spiro atoms. The molecule has 86 valence electrons. The Morgan fingerprint density at radius 1 is 1.33 bits per heavy atom. The van der Waals surface area contributed by atoms with Gasteiger partial charge < -0.3 is 10.0 Å². The van der Waals surface area contributed by atoms with Crippen molar-refractivity contribution >= 4 is 11.9 Å². The molecule has 0 aliphatic carbocycles. The van der Waals surface area contributed by atoms with Gasteiger partial charge in [-0.25, -0.2) is 4.79 Å². The summed E-state index contributed by atoms with van der Waals surface area (Å²) in [5.41, 5.74) is -0.502. The van der Waals surface area contributed by atoms with Crippen LogP contribution in [0.25, 0.3) is 0 Å². The molecule has 0 aromatic heterocycles. The van der Waals surface area contributed by atoms with Crippen molar-refractivity contribution in [1.29, 1.82) is 0 Å². The van der Waals surface area contributed by atoms with Crippen molar-refractivity contribution in [2.24, 2.45) is 11.3 Å². The van der Waals surface area contributed by atoms with E-state index in [2.05, 4.69) is 0 Å². The Balaban J connectivity index is 2.85. The summed E-state index contributed by atoms with van der Waals surface area (Å²) in [5, 5.41) is 9.02. The molecule has 15 heavy (non-hydrogen) atoms. The zero-order chi connectivity index (χ0) is 11.8. The van der Waals surface area contributed by atoms with E-state index in [0.717, 1.165) is 0 Å². The second kappa shape index (κ2) is 3.83. The second-order valence-corrected chi connectivity index (χ2v) is 5.40. The van der Waals surface area contributed by atoms with Gasteiger partial charge in [-0.3, -0.25) is 4.79 Å². The number of carbonyl (C=O) groups excluding carboxylic acids is 1. The highest BCUT2D eigenvalue weighted by molar-refractivity contribution is 5.87. The molecule has 0 unspecified atom stereocenters. The number of hydrogen-bond donors (Lipinski definition) is 1. The molecule has 1 rings (SSSR count). The third-order valence-electron chi connectivity index (χ3n) is 2.70. The van der Waals surface area contributed by atoms with Gasteiger partial charge in [-0.1, -0.05) is 27.7 Å². The molecule has 0 bridgehead atoms. The second-order valence-electron chi connectivity index (χ2n) is 5.40. The maximum atomic E-state index is 12.0. The maximum absolute atomic E-state index is 12.0. The Bertz CT molecular complexity index is 280. The number of rotatable bonds is 1. The highest BCUT2D eigenvalue weighted by Gasteiger charge is 2.41. The van der Waals surface area contributed by atoms with Crippen molar-refractivity contribution in [3.05, 3.63) is 0 Å². The van der Waals surface area contributed by atoms with Gasteiger partial charge >= 0.3 is 5.97 Å². The Hall–Kier alpha value is -1.06. The first kappa shape index (κ1) is 12.0. The van der Waals surface area contributed by atoms with Gasteiger partial charge in [-0.15, -0.1) is 0 Å². The van der Waals surface area contributed by atoms with E-state index in [1.165, 1.54) is 4.90 Å². The normalized spacial score (nSPS) is 26.8. The van der Waals surface area contributed by atoms with E-state index in [1.807, 2.05) is 27.7 Å². The van der Waals surface area contributed by atoms with E-state index in [-0.39, 0.29) is 11.8 Å². The Morgan fingerprint density at radius 3 is 2.27 bits per heavy atom. The Kier molecular flexibility index (Phi) is 3.07. The highest BCUT2D eigenvalue weighted by atomic mass is 16.4. The summed E-state index contributed by atoms with van der Waals surface area (Å²) in [6.45, 7) is 7.99. The van der Waals surface area contributed by atoms with Crippen LogP contribution < -0.4 is 0 Å². The molecule has 2 atom stereocenters. The van der Waals surface area contributed by atoms with Gasteiger partial charge in [0.15, 0.2) is 0 Å². The summed E-state index contributed by atoms with van der Waals surface area (Å²) in [4.78, 5) is 24.5. The molecule has 1 aliphatic heterocycles. The topological polar surface area (TPSA) is 57.6 Å². The smallest absolute Gasteiger partial charge is 0.326 e. The van der Waals surface area contributed by atoms with Gasteiger partial charge in [0.1, 0.15) is 6.04 Å². The molecule has 1 aliphatic rings. The molecular formula is C11H19NO3. The van der Waals surface area contributed by atoms with Crippen molar-refractivity contribution in [1.82, 2.24) is 4.90 Å². The van der Waals surface area contributed by atoms with Crippen LogP contribution in [0.5, 0.6) is 0 Å². The van der Waals surface area contributed by atoms with Crippen LogP contribution in [-0.2, 0) is 9.59 Å². The van der Waals surface area contributed by atoms with Crippen molar-refractivity contribution in [2.75, 3.05) is 6.54 Å². The lowest BCUT2D eigenvalue weighted by Crippen LogP contribution is -2.45. The van der Waals surface area contributed by atoms with E-state index in [9.17, 15) is 9.59 Å². The number of carbonyl (C=O) groups is 2. The van der Waals surface area contributed by atoms with Crippen molar-refractivity contribution in [2.45, 2.75) is 40.2 Å². The van der Waals surface area contributed by atoms with Crippen LogP contribution in [-0.4, -0.2) is 34.5 Å². The van der Waals surface area contributed by atoms with Gasteiger partial charge in [0, 0.05) is 12.0 Å². The van der Waals surface area contributed by atoms with Crippen molar-refractivity contribution in [3.8, 4) is 0 Å². The molecule has 4 nitrogen and oxygen atoms in total. The van der Waals surface area contributed by atoms with E-state index in [0.29, 0.717) is 13.0 Å². The van der Waals surface area contributed by atoms with E-state index in [4.69, 9.17) is 5.11 Å². The molecule has 0 aromatic carbocycles. The zero-order valence-electron chi connectivity index (χ0n) is 9.78. The number of nitrogens with zero attached hydrogens (tertiary/aromatic N) is 1. The summed E-state index contributed by atoms with van der Waals surface area (Å²) in [6, 6.07) is -0.633. The zero-order valence-corrected chi connectivity index (χ0v) is 9.78. The van der Waals surface area contributed by atoms with Crippen LogP contribution >= 0.6 is 0 Å². The summed E-state index contributed by atoms with van der Waals surface area (Å²) in [7, 11) is 0. The van der Waals surface area contributed by atoms with Crippen LogP contribution in [0, 0.1) is 11.3 Å². The van der Waals surface area contributed by atoms with E-state index < -0.39 is 17.4 Å². The molecule has 4 heteroatoms. The Labute approximate surface area is 90.3 Å². The monoisotopic (exact) mass is 213 g/mol. The SMILES string of the molecule is C[C@@H]1C[C@@H](C(=O)O)N(C(=O)C(C)(C)C)C1. The standard InChI is InChI=1S/C11H19NO3/c1-7-5-8(9(13)14)12(6-7)10(15)11(2,3)4/h7-8H,5-6H2,1-4H3,(H,13,14)/t7-,8+/m1/s1. The molecule has 0 saturated carbocycles. The van der Waals surface area contributed by atoms with Crippen LogP contribution in [0.15, 0.2) is 0 Å². The number of aliphatic carboxylic acids is 1. The summed E-state index contributed by atoms with van der Waals surface area (Å²) >= 11 is 0. The first-order valence-electron chi connectivity index (χ1n) is 5.27. The van der Waals surface area contributed by atoms with Gasteiger partial charge in [0.2, 0.25) is 5.91 Å². The lowest BCUT2D eigenvalue weighted by molar-refractivity contribution is -0.151. The molecule has 0 aromatic rings. The quantitative estimate of drug-likeness (QED) is 0.715. The predicted molar refractivity (Wildman–Crippen MR) is 56.4 cm³/mol. The van der Waals surface area contributed by atoms with Crippen LogP contribution in [0.3, 0.4) is 0 Å². The molecular weight excluding hydrogens is 194 g/mol. The van der Waals surface area contributed by atoms with Crippen molar-refractivity contribution < 1.29 is 14.7 Å². The molecule has 1 saturated heterocycles. The van der Waals surface area contributed by atoms with Crippen molar-refractivity contribution in [3.63, 3.8) is 0 Å². The lowest BCUT2D eigenvalue weighted by Gasteiger charge is -2.28. The molecule has 1 fully saturated rings. The average molecular weight is 213 g/mol. The van der Waals surface area contributed by atoms with Crippen LogP contribution in [0.4, 0.5) is 0 Å². The van der Waals surface area contributed by atoms with Gasteiger partial charge in [0.25, 0.3) is 0 Å². The Morgan fingerprint density at radius 2 is 1.87 bits per heavy atom. The lowest BCUT2D eigenvalue weighted by atomic mass is 9.94. The third-order valence-corrected chi connectivity index (χ3v) is 2.70. The average Bonchev–Trinajstić information content (AvgIpc) is 2.44. The molecule has 0 radical (unpaired) electrons. The minimum absolute atomic E-state index is 0.0701. The first-order chi connectivity index (χ1) is 6.73. The molecule has 1 amide bonds. The summed E-state index contributed by atoms with van der Waals surface area (Å²) in [5.74, 6) is -0.686. The fourth-order valence-corrected chi connectivity index (χ4v) is 1.94. The van der Waals surface area contributed by atoms with Gasteiger partial charge in [-0.05, 0) is 12.3 Å². The van der Waals surface area contributed by atoms with E-state index in [1.54, 1.807) is 0 Å². The summed E-state index contributed by atoms with van der Waals surface area (Å²) < 4.78 is 0. The van der Waals surface area contributed by atoms with Crippen LogP contribution in [0.1, 0.15) is 34.1 Å². The van der Waals surface area contributed by atoms with Gasteiger partial charge in [0.05, 0.1) is 0 Å². The third kappa shape index (κ3) is 2.49. The fourth-order valence-electron chi connectivity index (χ4n) is 1.94. The van der Waals surface area contributed by atoms with E-state index >= 15 is 0 Å². The number of carboxylic acids is 1. The first-order valence-corrected chi connectivity index (χ1v) is 5.27.